The summed E-state index contributed by atoms with van der Waals surface area (Å²) in [6.07, 6.45) is 3.54. The van der Waals surface area contributed by atoms with Crippen molar-refractivity contribution in [3.05, 3.63) is 30.1 Å². The summed E-state index contributed by atoms with van der Waals surface area (Å²) in [5, 5.41) is 0. The highest BCUT2D eigenvalue weighted by Crippen LogP contribution is 2.34. The predicted molar refractivity (Wildman–Crippen MR) is 160 cm³/mol. The minimum absolute atomic E-state index is 0.00479. The van der Waals surface area contributed by atoms with Crippen LogP contribution in [0.15, 0.2) is 24.3 Å². The van der Waals surface area contributed by atoms with E-state index in [4.69, 9.17) is 14.5 Å². The van der Waals surface area contributed by atoms with Gasteiger partial charge in [0.05, 0.1) is 36.2 Å². The summed E-state index contributed by atoms with van der Waals surface area (Å²) in [7, 11) is 0. The summed E-state index contributed by atoms with van der Waals surface area (Å²) < 4.78 is 13.3. The molecule has 2 saturated heterocycles. The van der Waals surface area contributed by atoms with Crippen LogP contribution >= 0.6 is 0 Å². The second-order valence-electron chi connectivity index (χ2n) is 13.6. The van der Waals surface area contributed by atoms with Crippen LogP contribution in [0.5, 0.6) is 0 Å². The number of nitrogens with zero attached hydrogens (tertiary/aromatic N) is 5. The second kappa shape index (κ2) is 12.6. The Kier molecular flexibility index (Phi) is 9.11. The predicted octanol–water partition coefficient (Wildman–Crippen LogP) is 4.42. The Hall–Kier alpha value is -3.14. The molecule has 2 aromatic rings. The Morgan fingerprint density at radius 2 is 1.79 bits per heavy atom. The first-order valence-corrected chi connectivity index (χ1v) is 15.6. The Balaban J connectivity index is 1.47. The molecule has 2 atom stereocenters. The Bertz CT molecular complexity index is 1270. The molecule has 3 aliphatic rings. The minimum Gasteiger partial charge on any atom is -0.444 e. The highest BCUT2D eigenvalue weighted by atomic mass is 16.6. The standard InChI is InChI=1S/C32H47N5O5/c1-22(2)19-37(30(39)28-33-26-8-6-7-9-27(26)36(28)13-12-23-10-11-23)25-18-24(29(38)34-14-16-41-17-15-34)20-35(21-25)31(40)42-32(3,4)5/h6-9,22-25H,10-21H2,1-5H3/t24-,25+/m1/s1. The molecule has 10 heteroatoms. The first-order chi connectivity index (χ1) is 20.0. The average molecular weight is 582 g/mol. The number of carbonyl (C=O) groups is 3. The number of ether oxygens (including phenoxy) is 2. The van der Waals surface area contributed by atoms with Crippen molar-refractivity contribution in [2.45, 2.75) is 78.5 Å². The lowest BCUT2D eigenvalue weighted by atomic mass is 9.91. The third kappa shape index (κ3) is 7.25. The number of hydrogen-bond acceptors (Lipinski definition) is 6. The molecule has 5 rings (SSSR count). The van der Waals surface area contributed by atoms with Gasteiger partial charge >= 0.3 is 6.09 Å². The Labute approximate surface area is 249 Å². The Morgan fingerprint density at radius 1 is 1.07 bits per heavy atom. The maximum Gasteiger partial charge on any atom is 0.410 e. The van der Waals surface area contributed by atoms with Gasteiger partial charge in [-0.15, -0.1) is 0 Å². The molecular weight excluding hydrogens is 534 g/mol. The molecule has 42 heavy (non-hydrogen) atoms. The van der Waals surface area contributed by atoms with Gasteiger partial charge in [-0.05, 0) is 57.6 Å². The normalized spacial score (nSPS) is 21.6. The van der Waals surface area contributed by atoms with Crippen molar-refractivity contribution in [1.82, 2.24) is 24.3 Å². The third-order valence-electron chi connectivity index (χ3n) is 8.32. The molecule has 1 aliphatic carbocycles. The number of para-hydroxylation sites is 2. The molecule has 1 aromatic heterocycles. The highest BCUT2D eigenvalue weighted by molar-refractivity contribution is 5.95. The molecule has 2 aliphatic heterocycles. The van der Waals surface area contributed by atoms with Crippen molar-refractivity contribution in [2.24, 2.45) is 17.8 Å². The van der Waals surface area contributed by atoms with Gasteiger partial charge in [0.1, 0.15) is 5.60 Å². The molecule has 3 amide bonds. The molecule has 0 radical (unpaired) electrons. The van der Waals surface area contributed by atoms with Gasteiger partial charge in [0.15, 0.2) is 5.82 Å². The fraction of sp³-hybridized carbons (Fsp3) is 0.688. The summed E-state index contributed by atoms with van der Waals surface area (Å²) in [6.45, 7) is 13.6. The molecule has 0 spiro atoms. The number of morpholine rings is 1. The van der Waals surface area contributed by atoms with E-state index in [2.05, 4.69) is 18.4 Å². The molecule has 0 unspecified atom stereocenters. The van der Waals surface area contributed by atoms with E-state index >= 15 is 0 Å². The number of aromatic nitrogens is 2. The van der Waals surface area contributed by atoms with Crippen LogP contribution in [0.3, 0.4) is 0 Å². The van der Waals surface area contributed by atoms with Crippen molar-refractivity contribution in [2.75, 3.05) is 45.9 Å². The number of imidazole rings is 1. The zero-order valence-corrected chi connectivity index (χ0v) is 25.9. The maximum atomic E-state index is 14.5. The first-order valence-electron chi connectivity index (χ1n) is 15.6. The average Bonchev–Trinajstić information content (AvgIpc) is 3.72. The molecule has 3 heterocycles. The molecule has 230 valence electrons. The van der Waals surface area contributed by atoms with Crippen LogP contribution in [0, 0.1) is 17.8 Å². The number of hydrogen-bond donors (Lipinski definition) is 0. The van der Waals surface area contributed by atoms with Crippen LogP contribution in [0.4, 0.5) is 4.79 Å². The van der Waals surface area contributed by atoms with E-state index in [1.54, 1.807) is 4.90 Å². The van der Waals surface area contributed by atoms with Gasteiger partial charge in [0.2, 0.25) is 5.91 Å². The van der Waals surface area contributed by atoms with Crippen molar-refractivity contribution < 1.29 is 23.9 Å². The summed E-state index contributed by atoms with van der Waals surface area (Å²) in [5.41, 5.74) is 1.10. The van der Waals surface area contributed by atoms with Gasteiger partial charge in [0.25, 0.3) is 5.91 Å². The fourth-order valence-corrected chi connectivity index (χ4v) is 6.10. The van der Waals surface area contributed by atoms with Crippen LogP contribution < -0.4 is 0 Å². The van der Waals surface area contributed by atoms with Gasteiger partial charge in [-0.1, -0.05) is 38.8 Å². The lowest BCUT2D eigenvalue weighted by molar-refractivity contribution is -0.142. The molecular formula is C32H47N5O5. The maximum absolute atomic E-state index is 14.5. The fourth-order valence-electron chi connectivity index (χ4n) is 6.10. The van der Waals surface area contributed by atoms with Crippen LogP contribution in [0.2, 0.25) is 0 Å². The van der Waals surface area contributed by atoms with Gasteiger partial charge in [0, 0.05) is 39.3 Å². The summed E-state index contributed by atoms with van der Waals surface area (Å²) >= 11 is 0. The van der Waals surface area contributed by atoms with E-state index in [1.165, 1.54) is 12.8 Å². The van der Waals surface area contributed by atoms with E-state index in [1.807, 2.05) is 54.8 Å². The van der Waals surface area contributed by atoms with E-state index in [-0.39, 0.29) is 30.3 Å². The van der Waals surface area contributed by atoms with Crippen LogP contribution in [-0.4, -0.2) is 99.7 Å². The second-order valence-corrected chi connectivity index (χ2v) is 13.6. The number of rotatable bonds is 8. The number of piperidine rings is 1. The first kappa shape index (κ1) is 30.3. The third-order valence-corrected chi connectivity index (χ3v) is 8.32. The molecule has 0 N–H and O–H groups in total. The number of amides is 3. The topological polar surface area (TPSA) is 97.2 Å². The minimum atomic E-state index is -0.673. The number of aryl methyl sites for hydroxylation is 1. The molecule has 1 aromatic carbocycles. The SMILES string of the molecule is CC(C)CN(C(=O)c1nc2ccccc2n1CCC1CC1)[C@H]1C[C@@H](C(=O)N2CCOCC2)CN(C(=O)OC(C)(C)C)C1. The van der Waals surface area contributed by atoms with Gasteiger partial charge in [-0.2, -0.15) is 0 Å². The van der Waals surface area contributed by atoms with Gasteiger partial charge < -0.3 is 28.7 Å². The van der Waals surface area contributed by atoms with E-state index in [9.17, 15) is 14.4 Å². The molecule has 0 bridgehead atoms. The number of carbonyl (C=O) groups excluding carboxylic acids is 3. The largest absolute Gasteiger partial charge is 0.444 e. The Morgan fingerprint density at radius 3 is 2.45 bits per heavy atom. The number of fused-ring (bicyclic) bond motifs is 1. The summed E-state index contributed by atoms with van der Waals surface area (Å²) in [4.78, 5) is 51.8. The lowest BCUT2D eigenvalue weighted by Gasteiger charge is -2.44. The summed E-state index contributed by atoms with van der Waals surface area (Å²) in [6, 6.07) is 7.56. The molecule has 1 saturated carbocycles. The van der Waals surface area contributed by atoms with Crippen molar-refractivity contribution in [3.63, 3.8) is 0 Å². The van der Waals surface area contributed by atoms with Crippen LogP contribution in [-0.2, 0) is 20.8 Å². The number of benzene rings is 1. The molecule has 10 nitrogen and oxygen atoms in total. The number of likely N-dealkylation sites (tertiary alicyclic amines) is 1. The zero-order chi connectivity index (χ0) is 30.0. The van der Waals surface area contributed by atoms with Crippen molar-refractivity contribution >= 4 is 28.9 Å². The van der Waals surface area contributed by atoms with Crippen LogP contribution in [0.1, 0.15) is 70.9 Å². The summed E-state index contributed by atoms with van der Waals surface area (Å²) in [5.74, 6) is 0.750. The highest BCUT2D eigenvalue weighted by Gasteiger charge is 2.42. The van der Waals surface area contributed by atoms with Crippen LogP contribution in [0.25, 0.3) is 11.0 Å². The van der Waals surface area contributed by atoms with Gasteiger partial charge in [-0.25, -0.2) is 9.78 Å². The van der Waals surface area contributed by atoms with Gasteiger partial charge in [-0.3, -0.25) is 9.59 Å². The quantitative estimate of drug-likeness (QED) is 0.458. The zero-order valence-electron chi connectivity index (χ0n) is 25.9. The van der Waals surface area contributed by atoms with E-state index in [0.29, 0.717) is 57.6 Å². The lowest BCUT2D eigenvalue weighted by Crippen LogP contribution is -2.58. The smallest absolute Gasteiger partial charge is 0.410 e. The van der Waals surface area contributed by atoms with E-state index < -0.39 is 17.6 Å². The van der Waals surface area contributed by atoms with Crippen molar-refractivity contribution in [1.29, 1.82) is 0 Å². The van der Waals surface area contributed by atoms with E-state index in [0.717, 1.165) is 24.0 Å². The molecule has 3 fully saturated rings. The van der Waals surface area contributed by atoms with Crippen molar-refractivity contribution in [3.8, 4) is 0 Å². The monoisotopic (exact) mass is 581 g/mol.